The van der Waals surface area contributed by atoms with Gasteiger partial charge in [-0.3, -0.25) is 24.3 Å². The number of benzene rings is 1. The van der Waals surface area contributed by atoms with Crippen LogP contribution in [0.1, 0.15) is 33.3 Å². The van der Waals surface area contributed by atoms with Gasteiger partial charge in [-0.05, 0) is 61.8 Å². The highest BCUT2D eigenvalue weighted by atomic mass is 35.5. The lowest BCUT2D eigenvalue weighted by Gasteiger charge is -2.27. The molecule has 1 N–H and O–H groups in total. The number of hydrogen-bond donors (Lipinski definition) is 1. The summed E-state index contributed by atoms with van der Waals surface area (Å²) in [7, 11) is 0. The Morgan fingerprint density at radius 2 is 1.94 bits per heavy atom. The maximum Gasteiger partial charge on any atom is 0.323 e. The summed E-state index contributed by atoms with van der Waals surface area (Å²) >= 11 is 5.75. The number of likely N-dealkylation sites (N-methyl/N-ethyl adjacent to an activating group) is 1. The van der Waals surface area contributed by atoms with Crippen LogP contribution in [-0.4, -0.2) is 64.9 Å². The van der Waals surface area contributed by atoms with Crippen molar-refractivity contribution in [3.8, 4) is 0 Å². The Morgan fingerprint density at radius 3 is 2.56 bits per heavy atom. The van der Waals surface area contributed by atoms with Crippen LogP contribution in [0.2, 0.25) is 0 Å². The Hall–Kier alpha value is -2.58. The van der Waals surface area contributed by atoms with Crippen molar-refractivity contribution in [2.75, 3.05) is 31.5 Å². The molecule has 3 unspecified atom stereocenters. The van der Waals surface area contributed by atoms with Gasteiger partial charge in [0.1, 0.15) is 5.82 Å². The molecule has 9 heteroatoms. The van der Waals surface area contributed by atoms with Gasteiger partial charge < -0.3 is 10.2 Å². The van der Waals surface area contributed by atoms with Crippen molar-refractivity contribution in [3.05, 3.63) is 35.7 Å². The van der Waals surface area contributed by atoms with Crippen molar-refractivity contribution in [1.29, 1.82) is 0 Å². The molecule has 0 radical (unpaired) electrons. The van der Waals surface area contributed by atoms with Crippen LogP contribution < -0.4 is 5.32 Å². The smallest absolute Gasteiger partial charge is 0.321 e. The second kappa shape index (κ2) is 9.92. The fourth-order valence-corrected chi connectivity index (χ4v) is 4.50. The summed E-state index contributed by atoms with van der Waals surface area (Å²) in [6, 6.07) is 3.64. The minimum atomic E-state index is -0.816. The molecule has 1 aromatic rings. The second-order valence-electron chi connectivity index (χ2n) is 8.09. The molecule has 0 saturated carbocycles. The predicted octanol–water partition coefficient (Wildman–Crippen LogP) is 3.79. The van der Waals surface area contributed by atoms with Crippen LogP contribution in [0.15, 0.2) is 29.3 Å². The highest BCUT2D eigenvalue weighted by molar-refractivity contribution is 6.64. The second-order valence-corrected chi connectivity index (χ2v) is 8.42. The van der Waals surface area contributed by atoms with Gasteiger partial charge in [0.25, 0.3) is 5.91 Å². The minimum absolute atomic E-state index is 0.195. The first kappa shape index (κ1) is 24.1. The van der Waals surface area contributed by atoms with E-state index in [1.165, 1.54) is 18.2 Å². The molecule has 0 spiro atoms. The highest BCUT2D eigenvalue weighted by Crippen LogP contribution is 2.36. The molecule has 0 aliphatic carbocycles. The average Bonchev–Trinajstić information content (AvgIpc) is 3.20. The van der Waals surface area contributed by atoms with Crippen LogP contribution in [-0.2, 0) is 9.59 Å². The zero-order valence-corrected chi connectivity index (χ0v) is 19.4. The van der Waals surface area contributed by atoms with E-state index in [1.54, 1.807) is 13.0 Å². The third-order valence-electron chi connectivity index (χ3n) is 6.25. The van der Waals surface area contributed by atoms with E-state index in [-0.39, 0.29) is 18.4 Å². The van der Waals surface area contributed by atoms with Crippen LogP contribution in [0.5, 0.6) is 0 Å². The number of anilines is 1. The first-order chi connectivity index (χ1) is 15.2. The molecule has 2 aliphatic heterocycles. The Balaban J connectivity index is 1.82. The quantitative estimate of drug-likeness (QED) is 0.379. The molecule has 3 atom stereocenters. The topological polar surface area (TPSA) is 82.1 Å². The van der Waals surface area contributed by atoms with Crippen LogP contribution in [0.25, 0.3) is 5.57 Å². The van der Waals surface area contributed by atoms with Crippen molar-refractivity contribution in [2.45, 2.75) is 33.7 Å². The molecule has 1 aromatic carbocycles. The summed E-state index contributed by atoms with van der Waals surface area (Å²) in [4.78, 5) is 45.5. The number of nitrogens with one attached hydrogen (secondary N) is 1. The van der Waals surface area contributed by atoms with E-state index in [2.05, 4.69) is 15.2 Å². The Morgan fingerprint density at radius 1 is 1.25 bits per heavy atom. The summed E-state index contributed by atoms with van der Waals surface area (Å²) in [5.74, 6) is -2.10. The maximum atomic E-state index is 13.7. The standard InChI is InChI=1S/C23H28ClFN4O3/c1-5-28(6-2)9-10-29(23(24)32)22(31)20-13(3)19(26-14(20)4)12-17-16-11-15(25)7-8-18(16)27-21(17)30/h7-8,11-13,19-20H,5-6,9-10H2,1-4H3,(H,27,30). The van der Waals surface area contributed by atoms with Crippen LogP contribution >= 0.6 is 11.6 Å². The molecule has 0 bridgehead atoms. The summed E-state index contributed by atoms with van der Waals surface area (Å²) in [5, 5.41) is 1.90. The first-order valence-corrected chi connectivity index (χ1v) is 11.2. The number of nitrogens with zero attached hydrogens (tertiary/aromatic N) is 3. The lowest BCUT2D eigenvalue weighted by Crippen LogP contribution is -2.45. The fraction of sp³-hybridized carbons (Fsp3) is 0.478. The molecule has 0 aromatic heterocycles. The molecule has 172 valence electrons. The number of amides is 3. The minimum Gasteiger partial charge on any atom is -0.321 e. The van der Waals surface area contributed by atoms with Crippen molar-refractivity contribution in [1.82, 2.24) is 9.80 Å². The van der Waals surface area contributed by atoms with E-state index in [4.69, 9.17) is 11.6 Å². The molecular formula is C23H28ClFN4O3. The third-order valence-corrected chi connectivity index (χ3v) is 6.45. The van der Waals surface area contributed by atoms with Gasteiger partial charge in [-0.2, -0.15) is 0 Å². The maximum absolute atomic E-state index is 13.7. The zero-order valence-electron chi connectivity index (χ0n) is 18.7. The summed E-state index contributed by atoms with van der Waals surface area (Å²) in [6.07, 6.45) is 1.67. The van der Waals surface area contributed by atoms with Gasteiger partial charge >= 0.3 is 5.37 Å². The molecule has 3 amide bonds. The largest absolute Gasteiger partial charge is 0.323 e. The molecule has 7 nitrogen and oxygen atoms in total. The van der Waals surface area contributed by atoms with E-state index in [1.807, 2.05) is 20.8 Å². The first-order valence-electron chi connectivity index (χ1n) is 10.8. The fourth-order valence-electron chi connectivity index (χ4n) is 4.33. The van der Waals surface area contributed by atoms with Gasteiger partial charge in [-0.15, -0.1) is 0 Å². The van der Waals surface area contributed by atoms with E-state index in [0.717, 1.165) is 18.0 Å². The van der Waals surface area contributed by atoms with Crippen molar-refractivity contribution in [2.24, 2.45) is 16.8 Å². The van der Waals surface area contributed by atoms with E-state index in [9.17, 15) is 18.8 Å². The molecule has 2 aliphatic rings. The Bertz CT molecular complexity index is 989. The molecule has 32 heavy (non-hydrogen) atoms. The van der Waals surface area contributed by atoms with Crippen LogP contribution in [0, 0.1) is 17.7 Å². The number of carbonyl (C=O) groups excluding carboxylic acids is 3. The van der Waals surface area contributed by atoms with Gasteiger partial charge in [-0.25, -0.2) is 4.39 Å². The van der Waals surface area contributed by atoms with Crippen molar-refractivity contribution < 1.29 is 18.8 Å². The van der Waals surface area contributed by atoms with Gasteiger partial charge in [0.05, 0.1) is 12.0 Å². The molecule has 3 rings (SSSR count). The molecule has 2 heterocycles. The lowest BCUT2D eigenvalue weighted by molar-refractivity contribution is -0.131. The number of aliphatic imine (C=N–C) groups is 1. The lowest BCUT2D eigenvalue weighted by atomic mass is 9.86. The Labute approximate surface area is 192 Å². The number of halogens is 2. The normalized spacial score (nSPS) is 23.3. The SMILES string of the molecule is CCN(CC)CCN(C(=O)Cl)C(=O)C1C(C)=NC(C=C2C(=O)Nc3ccc(F)cc32)C1C. The number of fused-ring (bicyclic) bond motifs is 1. The van der Waals surface area contributed by atoms with E-state index < -0.39 is 29.1 Å². The number of hydrogen-bond acceptors (Lipinski definition) is 5. The van der Waals surface area contributed by atoms with Gasteiger partial charge in [0.15, 0.2) is 0 Å². The van der Waals surface area contributed by atoms with Crippen molar-refractivity contribution in [3.63, 3.8) is 0 Å². The molecule has 0 saturated heterocycles. The predicted molar refractivity (Wildman–Crippen MR) is 123 cm³/mol. The molecule has 0 fully saturated rings. The van der Waals surface area contributed by atoms with E-state index in [0.29, 0.717) is 29.1 Å². The van der Waals surface area contributed by atoms with Gasteiger partial charge in [-0.1, -0.05) is 20.8 Å². The monoisotopic (exact) mass is 462 g/mol. The summed E-state index contributed by atoms with van der Waals surface area (Å²) in [5.41, 5.74) is 1.92. The van der Waals surface area contributed by atoms with E-state index >= 15 is 0 Å². The highest BCUT2D eigenvalue weighted by Gasteiger charge is 2.41. The summed E-state index contributed by atoms with van der Waals surface area (Å²) < 4.78 is 13.7. The van der Waals surface area contributed by atoms with Crippen molar-refractivity contribution >= 4 is 45.8 Å². The van der Waals surface area contributed by atoms with Crippen LogP contribution in [0.3, 0.4) is 0 Å². The summed E-state index contributed by atoms with van der Waals surface area (Å²) in [6.45, 7) is 9.94. The van der Waals surface area contributed by atoms with Crippen LogP contribution in [0.4, 0.5) is 14.9 Å². The van der Waals surface area contributed by atoms with Gasteiger partial charge in [0, 0.05) is 35.6 Å². The number of imide groups is 1. The third kappa shape index (κ3) is 4.76. The average molecular weight is 463 g/mol. The number of rotatable bonds is 7. The van der Waals surface area contributed by atoms with Gasteiger partial charge in [0.2, 0.25) is 5.91 Å². The molecular weight excluding hydrogens is 435 g/mol. The Kier molecular flexibility index (Phi) is 7.46. The number of carbonyl (C=O) groups is 3. The zero-order chi connectivity index (χ0) is 23.6.